The molecular formula is C22H28N2O4. The van der Waals surface area contributed by atoms with Gasteiger partial charge in [0.15, 0.2) is 17.3 Å². The summed E-state index contributed by atoms with van der Waals surface area (Å²) in [5.74, 6) is 2.15. The number of unbranched alkanes of at least 4 members (excludes halogenated alkanes) is 5. The van der Waals surface area contributed by atoms with Gasteiger partial charge in [-0.1, -0.05) is 44.2 Å². The molecule has 0 radical (unpaired) electrons. The summed E-state index contributed by atoms with van der Waals surface area (Å²) in [6, 6.07) is 7.54. The van der Waals surface area contributed by atoms with Gasteiger partial charge in [-0.2, -0.15) is 0 Å². The average molecular weight is 384 g/mol. The van der Waals surface area contributed by atoms with E-state index in [4.69, 9.17) is 14.0 Å². The van der Waals surface area contributed by atoms with E-state index in [0.717, 1.165) is 42.8 Å². The van der Waals surface area contributed by atoms with Crippen LogP contribution >= 0.6 is 0 Å². The van der Waals surface area contributed by atoms with E-state index in [1.165, 1.54) is 32.1 Å². The van der Waals surface area contributed by atoms with Gasteiger partial charge in [-0.15, -0.1) is 0 Å². The molecule has 1 aromatic heterocycles. The van der Waals surface area contributed by atoms with Crippen LogP contribution in [-0.4, -0.2) is 24.4 Å². The molecule has 0 spiro atoms. The highest BCUT2D eigenvalue weighted by molar-refractivity contribution is 5.91. The van der Waals surface area contributed by atoms with Crippen LogP contribution in [0.2, 0.25) is 0 Å². The lowest BCUT2D eigenvalue weighted by molar-refractivity contribution is -0.123. The van der Waals surface area contributed by atoms with Crippen LogP contribution in [0.5, 0.6) is 11.5 Å². The lowest BCUT2D eigenvalue weighted by Crippen LogP contribution is -2.35. The maximum Gasteiger partial charge on any atom is 0.232 e. The minimum absolute atomic E-state index is 0.0756. The molecule has 1 fully saturated rings. The molecule has 1 aromatic carbocycles. The molecule has 1 saturated carbocycles. The van der Waals surface area contributed by atoms with Crippen molar-refractivity contribution in [3.05, 3.63) is 30.0 Å². The molecule has 2 aromatic rings. The summed E-state index contributed by atoms with van der Waals surface area (Å²) < 4.78 is 16.3. The van der Waals surface area contributed by atoms with Crippen molar-refractivity contribution in [1.82, 2.24) is 10.5 Å². The van der Waals surface area contributed by atoms with Crippen LogP contribution in [-0.2, 0) is 10.2 Å². The summed E-state index contributed by atoms with van der Waals surface area (Å²) in [7, 11) is 0. The number of hydrogen-bond donors (Lipinski definition) is 1. The maximum absolute atomic E-state index is 12.7. The fourth-order valence-electron chi connectivity index (χ4n) is 3.69. The van der Waals surface area contributed by atoms with Crippen molar-refractivity contribution in [3.63, 3.8) is 0 Å². The Morgan fingerprint density at radius 2 is 1.86 bits per heavy atom. The van der Waals surface area contributed by atoms with Crippen molar-refractivity contribution < 1.29 is 18.8 Å². The number of amides is 1. The second kappa shape index (κ2) is 8.25. The first-order valence-electron chi connectivity index (χ1n) is 10.4. The molecule has 0 bridgehead atoms. The van der Waals surface area contributed by atoms with Gasteiger partial charge in [-0.25, -0.2) is 0 Å². The molecule has 28 heavy (non-hydrogen) atoms. The third kappa shape index (κ3) is 3.86. The first-order chi connectivity index (χ1) is 13.7. The van der Waals surface area contributed by atoms with E-state index >= 15 is 0 Å². The summed E-state index contributed by atoms with van der Waals surface area (Å²) in [4.78, 5) is 12.7. The van der Waals surface area contributed by atoms with E-state index in [2.05, 4.69) is 17.4 Å². The van der Waals surface area contributed by atoms with Gasteiger partial charge in [0.2, 0.25) is 12.7 Å². The number of carbonyl (C=O) groups excluding carboxylic acids is 1. The normalized spacial score (nSPS) is 16.2. The SMILES string of the molecule is CCCCCCCCNC(=O)C1(c2cc(-c3ccc4c(c3)OCO4)on2)CC1. The highest BCUT2D eigenvalue weighted by Gasteiger charge is 2.53. The molecule has 2 aliphatic rings. The summed E-state index contributed by atoms with van der Waals surface area (Å²) >= 11 is 0. The van der Waals surface area contributed by atoms with Crippen LogP contribution < -0.4 is 14.8 Å². The zero-order valence-electron chi connectivity index (χ0n) is 16.5. The Labute approximate surface area is 165 Å². The van der Waals surface area contributed by atoms with Crippen LogP contribution in [0, 0.1) is 0 Å². The van der Waals surface area contributed by atoms with Crippen molar-refractivity contribution >= 4 is 5.91 Å². The van der Waals surface area contributed by atoms with Crippen molar-refractivity contribution in [2.75, 3.05) is 13.3 Å². The summed E-state index contributed by atoms with van der Waals surface area (Å²) in [6.45, 7) is 3.19. The molecule has 6 heteroatoms. The predicted molar refractivity (Wildman–Crippen MR) is 105 cm³/mol. The van der Waals surface area contributed by atoms with Gasteiger partial charge in [0.25, 0.3) is 0 Å². The summed E-state index contributed by atoms with van der Waals surface area (Å²) in [6.07, 6.45) is 8.94. The lowest BCUT2D eigenvalue weighted by Gasteiger charge is -2.12. The number of benzene rings is 1. The van der Waals surface area contributed by atoms with Crippen molar-refractivity contribution in [1.29, 1.82) is 0 Å². The second-order valence-electron chi connectivity index (χ2n) is 7.75. The molecule has 1 aliphatic heterocycles. The third-order valence-electron chi connectivity index (χ3n) is 5.66. The van der Waals surface area contributed by atoms with Crippen LogP contribution in [0.15, 0.2) is 28.8 Å². The van der Waals surface area contributed by atoms with E-state index < -0.39 is 5.41 Å². The van der Waals surface area contributed by atoms with Gasteiger partial charge < -0.3 is 19.3 Å². The first-order valence-corrected chi connectivity index (χ1v) is 10.4. The van der Waals surface area contributed by atoms with Gasteiger partial charge in [0.05, 0.1) is 11.1 Å². The number of nitrogens with one attached hydrogen (secondary N) is 1. The zero-order chi connectivity index (χ0) is 19.4. The highest BCUT2D eigenvalue weighted by atomic mass is 16.7. The second-order valence-corrected chi connectivity index (χ2v) is 7.75. The van der Waals surface area contributed by atoms with Gasteiger partial charge in [-0.3, -0.25) is 4.79 Å². The summed E-state index contributed by atoms with van der Waals surface area (Å²) in [5, 5.41) is 7.31. The molecule has 0 atom stereocenters. The Kier molecular flexibility index (Phi) is 5.55. The molecule has 2 heterocycles. The van der Waals surface area contributed by atoms with E-state index in [1.807, 2.05) is 24.3 Å². The first kappa shape index (κ1) is 18.8. The van der Waals surface area contributed by atoms with Crippen molar-refractivity contribution in [2.24, 2.45) is 0 Å². The Hall–Kier alpha value is -2.50. The Balaban J connectivity index is 1.33. The minimum Gasteiger partial charge on any atom is -0.454 e. The lowest BCUT2D eigenvalue weighted by atomic mass is 10.00. The highest BCUT2D eigenvalue weighted by Crippen LogP contribution is 2.49. The van der Waals surface area contributed by atoms with E-state index in [-0.39, 0.29) is 12.7 Å². The topological polar surface area (TPSA) is 73.6 Å². The summed E-state index contributed by atoms with van der Waals surface area (Å²) in [5.41, 5.74) is 1.08. The number of fused-ring (bicyclic) bond motifs is 1. The molecule has 6 nitrogen and oxygen atoms in total. The fraction of sp³-hybridized carbons (Fsp3) is 0.545. The van der Waals surface area contributed by atoms with Crippen LogP contribution in [0.4, 0.5) is 0 Å². The number of carbonyl (C=O) groups is 1. The molecule has 0 unspecified atom stereocenters. The Bertz CT molecular complexity index is 826. The standard InChI is InChI=1S/C22H28N2O4/c1-2-3-4-5-6-7-12-23-21(25)22(10-11-22)20-14-18(28-24-20)16-8-9-17-19(13-16)27-15-26-17/h8-9,13-14H,2-7,10-12,15H2,1H3,(H,23,25). The van der Waals surface area contributed by atoms with Crippen LogP contribution in [0.25, 0.3) is 11.3 Å². The average Bonchev–Trinajstić information content (AvgIpc) is 3.15. The molecule has 4 rings (SSSR count). The molecule has 150 valence electrons. The quantitative estimate of drug-likeness (QED) is 0.607. The van der Waals surface area contributed by atoms with Crippen LogP contribution in [0.1, 0.15) is 64.0 Å². The van der Waals surface area contributed by atoms with Crippen molar-refractivity contribution in [2.45, 2.75) is 63.7 Å². The van der Waals surface area contributed by atoms with Gasteiger partial charge in [-0.05, 0) is 37.5 Å². The van der Waals surface area contributed by atoms with Gasteiger partial charge >= 0.3 is 0 Å². The number of nitrogens with zero attached hydrogens (tertiary/aromatic N) is 1. The van der Waals surface area contributed by atoms with E-state index in [1.54, 1.807) is 0 Å². The van der Waals surface area contributed by atoms with Crippen molar-refractivity contribution in [3.8, 4) is 22.8 Å². The van der Waals surface area contributed by atoms with Gasteiger partial charge in [0, 0.05) is 18.2 Å². The molecule has 1 amide bonds. The third-order valence-corrected chi connectivity index (χ3v) is 5.66. The fourth-order valence-corrected chi connectivity index (χ4v) is 3.69. The molecular weight excluding hydrogens is 356 g/mol. The van der Waals surface area contributed by atoms with Gasteiger partial charge in [0.1, 0.15) is 0 Å². The maximum atomic E-state index is 12.7. The smallest absolute Gasteiger partial charge is 0.232 e. The Morgan fingerprint density at radius 3 is 2.68 bits per heavy atom. The van der Waals surface area contributed by atoms with E-state index in [9.17, 15) is 4.79 Å². The number of ether oxygens (including phenoxy) is 2. The van der Waals surface area contributed by atoms with E-state index in [0.29, 0.717) is 11.5 Å². The minimum atomic E-state index is -0.514. The number of aromatic nitrogens is 1. The zero-order valence-corrected chi connectivity index (χ0v) is 16.5. The monoisotopic (exact) mass is 384 g/mol. The van der Waals surface area contributed by atoms with Crippen LogP contribution in [0.3, 0.4) is 0 Å². The molecule has 0 saturated heterocycles. The Morgan fingerprint density at radius 1 is 1.07 bits per heavy atom. The molecule has 1 N–H and O–H groups in total. The number of hydrogen-bond acceptors (Lipinski definition) is 5. The largest absolute Gasteiger partial charge is 0.454 e. The predicted octanol–water partition coefficient (Wildman–Crippen LogP) is 4.58. The molecule has 1 aliphatic carbocycles. The number of rotatable bonds is 10.